The van der Waals surface area contributed by atoms with Crippen LogP contribution >= 0.6 is 0 Å². The summed E-state index contributed by atoms with van der Waals surface area (Å²) < 4.78 is 13.2. The largest absolute Gasteiger partial charge is 0.393 e. The molecular formula is C23H33FN4O3. The second kappa shape index (κ2) is 9.63. The summed E-state index contributed by atoms with van der Waals surface area (Å²) in [5.74, 6) is -0.0831. The molecule has 0 spiro atoms. The second-order valence-corrected chi connectivity index (χ2v) is 9.11. The normalized spacial score (nSPS) is 28.3. The Morgan fingerprint density at radius 1 is 1.16 bits per heavy atom. The SMILES string of the molecule is CN1[C@@H](CCC(=O)N2CCC(O)CC2)CNC(=O)[C@@H]2[C@@H]1CCN2Cc1ccc(F)cc1. The molecule has 8 heteroatoms. The number of nitrogens with zero attached hydrogens (tertiary/aromatic N) is 3. The first kappa shape index (κ1) is 22.2. The molecule has 3 saturated heterocycles. The van der Waals surface area contributed by atoms with Crippen LogP contribution in [0.5, 0.6) is 0 Å². The van der Waals surface area contributed by atoms with Crippen LogP contribution in [0.3, 0.4) is 0 Å². The predicted molar refractivity (Wildman–Crippen MR) is 115 cm³/mol. The first-order valence-corrected chi connectivity index (χ1v) is 11.4. The smallest absolute Gasteiger partial charge is 0.239 e. The van der Waals surface area contributed by atoms with Crippen LogP contribution in [0.25, 0.3) is 0 Å². The van der Waals surface area contributed by atoms with Gasteiger partial charge in [0, 0.05) is 51.2 Å². The van der Waals surface area contributed by atoms with E-state index < -0.39 is 0 Å². The molecule has 3 fully saturated rings. The van der Waals surface area contributed by atoms with Crippen molar-refractivity contribution in [3.63, 3.8) is 0 Å². The Kier molecular flexibility index (Phi) is 6.89. The lowest BCUT2D eigenvalue weighted by Crippen LogP contribution is -2.49. The van der Waals surface area contributed by atoms with Crippen LogP contribution in [0.4, 0.5) is 4.39 Å². The standard InChI is InChI=1S/C23H33FN4O3/c1-26-18(6-7-21(30)27-11-8-19(29)9-12-27)14-25-23(31)22-20(26)10-13-28(22)15-16-2-4-17(24)5-3-16/h2-5,18-20,22,29H,6-15H2,1H3,(H,25,31)/t18-,20-,22-/m0/s1. The highest BCUT2D eigenvalue weighted by molar-refractivity contribution is 5.83. The summed E-state index contributed by atoms with van der Waals surface area (Å²) in [6, 6.07) is 6.44. The third-order valence-corrected chi connectivity index (χ3v) is 7.16. The maximum Gasteiger partial charge on any atom is 0.239 e. The number of nitrogens with one attached hydrogen (secondary N) is 1. The van der Waals surface area contributed by atoms with Gasteiger partial charge in [0.1, 0.15) is 11.9 Å². The average molecular weight is 433 g/mol. The van der Waals surface area contributed by atoms with E-state index in [1.807, 2.05) is 4.90 Å². The summed E-state index contributed by atoms with van der Waals surface area (Å²) in [4.78, 5) is 31.8. The highest BCUT2D eigenvalue weighted by Gasteiger charge is 2.45. The van der Waals surface area contributed by atoms with E-state index in [9.17, 15) is 19.1 Å². The molecule has 3 aliphatic rings. The third kappa shape index (κ3) is 5.07. The van der Waals surface area contributed by atoms with Gasteiger partial charge < -0.3 is 15.3 Å². The van der Waals surface area contributed by atoms with E-state index in [4.69, 9.17) is 0 Å². The van der Waals surface area contributed by atoms with Gasteiger partial charge in [0.15, 0.2) is 0 Å². The summed E-state index contributed by atoms with van der Waals surface area (Å²) >= 11 is 0. The molecule has 0 radical (unpaired) electrons. The summed E-state index contributed by atoms with van der Waals surface area (Å²) in [7, 11) is 2.06. The number of piperidine rings is 1. The van der Waals surface area contributed by atoms with Crippen LogP contribution in [0, 0.1) is 5.82 Å². The fourth-order valence-electron chi connectivity index (χ4n) is 5.21. The molecule has 7 nitrogen and oxygen atoms in total. The van der Waals surface area contributed by atoms with Crippen molar-refractivity contribution in [2.24, 2.45) is 0 Å². The van der Waals surface area contributed by atoms with E-state index in [0.717, 1.165) is 18.5 Å². The molecule has 2 N–H and O–H groups in total. The molecule has 4 rings (SSSR count). The van der Waals surface area contributed by atoms with E-state index in [1.165, 1.54) is 12.1 Å². The maximum atomic E-state index is 13.2. The minimum absolute atomic E-state index is 0.0373. The van der Waals surface area contributed by atoms with Gasteiger partial charge in [-0.15, -0.1) is 0 Å². The van der Waals surface area contributed by atoms with Crippen molar-refractivity contribution < 1.29 is 19.1 Å². The molecule has 0 aromatic heterocycles. The van der Waals surface area contributed by atoms with Gasteiger partial charge >= 0.3 is 0 Å². The molecule has 3 aliphatic heterocycles. The molecule has 0 saturated carbocycles. The molecule has 1 aromatic rings. The number of hydrogen-bond acceptors (Lipinski definition) is 5. The van der Waals surface area contributed by atoms with Crippen molar-refractivity contribution in [2.45, 2.75) is 62.9 Å². The van der Waals surface area contributed by atoms with Gasteiger partial charge in [-0.1, -0.05) is 12.1 Å². The van der Waals surface area contributed by atoms with Crippen molar-refractivity contribution in [3.05, 3.63) is 35.6 Å². The van der Waals surface area contributed by atoms with E-state index in [2.05, 4.69) is 22.2 Å². The molecule has 170 valence electrons. The molecule has 0 bridgehead atoms. The molecule has 31 heavy (non-hydrogen) atoms. The number of benzene rings is 1. The zero-order valence-corrected chi connectivity index (χ0v) is 18.2. The fourth-order valence-corrected chi connectivity index (χ4v) is 5.21. The van der Waals surface area contributed by atoms with Crippen molar-refractivity contribution in [2.75, 3.05) is 33.2 Å². The Bertz CT molecular complexity index is 782. The van der Waals surface area contributed by atoms with Gasteiger partial charge in [0.2, 0.25) is 11.8 Å². The van der Waals surface area contributed by atoms with Gasteiger partial charge in [-0.3, -0.25) is 19.4 Å². The van der Waals surface area contributed by atoms with Crippen molar-refractivity contribution in [1.82, 2.24) is 20.0 Å². The van der Waals surface area contributed by atoms with Gasteiger partial charge in [-0.05, 0) is 50.4 Å². The van der Waals surface area contributed by atoms with Crippen molar-refractivity contribution in [1.29, 1.82) is 0 Å². The monoisotopic (exact) mass is 432 g/mol. The Morgan fingerprint density at radius 2 is 1.87 bits per heavy atom. The van der Waals surface area contributed by atoms with Gasteiger partial charge in [-0.2, -0.15) is 0 Å². The Balaban J connectivity index is 1.35. The summed E-state index contributed by atoms with van der Waals surface area (Å²) in [5.41, 5.74) is 0.996. The van der Waals surface area contributed by atoms with Crippen LogP contribution in [-0.2, 0) is 16.1 Å². The second-order valence-electron chi connectivity index (χ2n) is 9.11. The number of amides is 2. The lowest BCUT2D eigenvalue weighted by atomic mass is 10.0. The Morgan fingerprint density at radius 3 is 2.58 bits per heavy atom. The van der Waals surface area contributed by atoms with Gasteiger partial charge in [0.05, 0.1) is 6.10 Å². The molecule has 1 aromatic carbocycles. The number of aliphatic hydroxyl groups excluding tert-OH is 1. The quantitative estimate of drug-likeness (QED) is 0.725. The highest BCUT2D eigenvalue weighted by Crippen LogP contribution is 2.28. The molecular weight excluding hydrogens is 399 g/mol. The summed E-state index contributed by atoms with van der Waals surface area (Å²) in [6.07, 6.45) is 3.07. The van der Waals surface area contributed by atoms with E-state index in [0.29, 0.717) is 51.9 Å². The molecule has 3 atom stereocenters. The number of carbonyl (C=O) groups is 2. The zero-order chi connectivity index (χ0) is 22.0. The number of aliphatic hydroxyl groups is 1. The number of halogens is 1. The zero-order valence-electron chi connectivity index (χ0n) is 18.2. The van der Waals surface area contributed by atoms with E-state index >= 15 is 0 Å². The lowest BCUT2D eigenvalue weighted by molar-refractivity contribution is -0.133. The Hall–Kier alpha value is -2.03. The van der Waals surface area contributed by atoms with Gasteiger partial charge in [0.25, 0.3) is 0 Å². The molecule has 0 aliphatic carbocycles. The maximum absolute atomic E-state index is 13.2. The molecule has 2 amide bonds. The third-order valence-electron chi connectivity index (χ3n) is 7.16. The number of hydrogen-bond donors (Lipinski definition) is 2. The fraction of sp³-hybridized carbons (Fsp3) is 0.652. The minimum Gasteiger partial charge on any atom is -0.393 e. The number of rotatable bonds is 5. The minimum atomic E-state index is -0.288. The van der Waals surface area contributed by atoms with E-state index in [-0.39, 0.29) is 41.9 Å². The lowest BCUT2D eigenvalue weighted by Gasteiger charge is -2.34. The number of fused-ring (bicyclic) bond motifs is 1. The van der Waals surface area contributed by atoms with Crippen LogP contribution in [0.1, 0.15) is 37.7 Å². The van der Waals surface area contributed by atoms with E-state index in [1.54, 1.807) is 12.1 Å². The summed E-state index contributed by atoms with van der Waals surface area (Å²) in [5, 5.41) is 12.7. The number of carbonyl (C=O) groups excluding carboxylic acids is 2. The number of likely N-dealkylation sites (tertiary alicyclic amines) is 2. The summed E-state index contributed by atoms with van der Waals surface area (Å²) in [6.45, 7) is 3.22. The van der Waals surface area contributed by atoms with Crippen molar-refractivity contribution >= 4 is 11.8 Å². The molecule has 3 heterocycles. The predicted octanol–water partition coefficient (Wildman–Crippen LogP) is 0.962. The average Bonchev–Trinajstić information content (AvgIpc) is 3.13. The van der Waals surface area contributed by atoms with Crippen LogP contribution in [0.2, 0.25) is 0 Å². The van der Waals surface area contributed by atoms with Crippen LogP contribution < -0.4 is 5.32 Å². The first-order chi connectivity index (χ1) is 14.9. The Labute approximate surface area is 183 Å². The van der Waals surface area contributed by atoms with Crippen LogP contribution in [0.15, 0.2) is 24.3 Å². The highest BCUT2D eigenvalue weighted by atomic mass is 19.1. The van der Waals surface area contributed by atoms with Crippen molar-refractivity contribution in [3.8, 4) is 0 Å². The van der Waals surface area contributed by atoms with Gasteiger partial charge in [-0.25, -0.2) is 4.39 Å². The number of likely N-dealkylation sites (N-methyl/N-ethyl adjacent to an activating group) is 1. The molecule has 0 unspecified atom stereocenters. The first-order valence-electron chi connectivity index (χ1n) is 11.4. The topological polar surface area (TPSA) is 76.1 Å². The van der Waals surface area contributed by atoms with Crippen LogP contribution in [-0.4, -0.2) is 89.1 Å².